The van der Waals surface area contributed by atoms with E-state index >= 15 is 0 Å². The quantitative estimate of drug-likeness (QED) is 0.553. The molecule has 0 radical (unpaired) electrons. The van der Waals surface area contributed by atoms with E-state index in [9.17, 15) is 4.79 Å². The van der Waals surface area contributed by atoms with Gasteiger partial charge in [0.05, 0.1) is 12.7 Å². The Bertz CT molecular complexity index is 353. The van der Waals surface area contributed by atoms with Crippen LogP contribution in [0.4, 0.5) is 0 Å². The Balaban J connectivity index is 3.26. The molecule has 11 heavy (non-hydrogen) atoms. The summed E-state index contributed by atoms with van der Waals surface area (Å²) in [4.78, 5) is 11.0. The molecule has 1 N–H and O–H groups in total. The third-order valence-electron chi connectivity index (χ3n) is 1.37. The Morgan fingerprint density at radius 1 is 1.82 bits per heavy atom. The van der Waals surface area contributed by atoms with E-state index in [4.69, 9.17) is 11.5 Å². The molecule has 4 heteroatoms. The van der Waals surface area contributed by atoms with Crippen LogP contribution in [0.2, 0.25) is 0 Å². The van der Waals surface area contributed by atoms with Gasteiger partial charge in [0.2, 0.25) is 5.88 Å². The number of aromatic nitrogens is 2. The summed E-state index contributed by atoms with van der Waals surface area (Å²) in [5.41, 5.74) is -0.305. The number of nitrogens with zero attached hydrogens (tertiary/aromatic N) is 2. The first kappa shape index (κ1) is 7.48. The summed E-state index contributed by atoms with van der Waals surface area (Å²) >= 11 is 0. The molecule has 0 aliphatic heterocycles. The van der Waals surface area contributed by atoms with Crippen molar-refractivity contribution in [3.05, 3.63) is 16.7 Å². The van der Waals surface area contributed by atoms with Gasteiger partial charge in [0, 0.05) is 7.05 Å². The second-order valence-electron chi connectivity index (χ2n) is 2.17. The standard InChI is InChI=1S/C7H8N2O2/c1-3-4-9-6(10)5-8(2)7(9)11/h1,5,10H,4H2,2H3. The minimum absolute atomic E-state index is 0.101. The molecule has 0 saturated carbocycles. The summed E-state index contributed by atoms with van der Waals surface area (Å²) in [6, 6.07) is 0. The van der Waals surface area contributed by atoms with Gasteiger partial charge in [-0.3, -0.25) is 9.13 Å². The van der Waals surface area contributed by atoms with Gasteiger partial charge in [-0.05, 0) is 0 Å². The lowest BCUT2D eigenvalue weighted by molar-refractivity contribution is 0.424. The second kappa shape index (κ2) is 2.54. The van der Waals surface area contributed by atoms with Gasteiger partial charge in [-0.2, -0.15) is 0 Å². The van der Waals surface area contributed by atoms with Crippen LogP contribution in [0, 0.1) is 12.3 Å². The number of hydrogen-bond donors (Lipinski definition) is 1. The molecular formula is C7H8N2O2. The predicted molar refractivity (Wildman–Crippen MR) is 40.2 cm³/mol. The predicted octanol–water partition coefficient (Wildman–Crippen LogP) is -0.474. The minimum Gasteiger partial charge on any atom is -0.493 e. The minimum atomic E-state index is -0.305. The Kier molecular flexibility index (Phi) is 1.73. The van der Waals surface area contributed by atoms with E-state index in [1.807, 2.05) is 0 Å². The van der Waals surface area contributed by atoms with Crippen molar-refractivity contribution in [2.45, 2.75) is 6.54 Å². The number of aryl methyl sites for hydroxylation is 1. The Labute approximate surface area is 63.7 Å². The van der Waals surface area contributed by atoms with Crippen molar-refractivity contribution in [2.24, 2.45) is 7.05 Å². The maximum atomic E-state index is 11.0. The highest BCUT2D eigenvalue weighted by Gasteiger charge is 2.04. The maximum absolute atomic E-state index is 11.0. The van der Waals surface area contributed by atoms with Crippen molar-refractivity contribution in [1.82, 2.24) is 9.13 Å². The molecule has 58 valence electrons. The van der Waals surface area contributed by atoms with E-state index in [-0.39, 0.29) is 18.1 Å². The van der Waals surface area contributed by atoms with Crippen LogP contribution in [-0.2, 0) is 13.6 Å². The van der Waals surface area contributed by atoms with Crippen molar-refractivity contribution >= 4 is 0 Å². The van der Waals surface area contributed by atoms with Gasteiger partial charge < -0.3 is 5.11 Å². The lowest BCUT2D eigenvalue weighted by atomic mass is 10.6. The number of imidazole rings is 1. The highest BCUT2D eigenvalue weighted by atomic mass is 16.3. The Morgan fingerprint density at radius 2 is 2.45 bits per heavy atom. The van der Waals surface area contributed by atoms with Crippen LogP contribution in [0.3, 0.4) is 0 Å². The van der Waals surface area contributed by atoms with Crippen LogP contribution in [0.15, 0.2) is 11.0 Å². The zero-order chi connectivity index (χ0) is 8.43. The molecule has 1 aromatic rings. The first-order chi connectivity index (χ1) is 5.16. The van der Waals surface area contributed by atoms with Crippen LogP contribution in [0.25, 0.3) is 0 Å². The average Bonchev–Trinajstić information content (AvgIpc) is 2.17. The fourth-order valence-corrected chi connectivity index (χ4v) is 0.826. The second-order valence-corrected chi connectivity index (χ2v) is 2.17. The molecule has 1 heterocycles. The summed E-state index contributed by atoms with van der Waals surface area (Å²) < 4.78 is 2.38. The smallest absolute Gasteiger partial charge is 0.331 e. The van der Waals surface area contributed by atoms with Crippen LogP contribution in [-0.4, -0.2) is 14.2 Å². The topological polar surface area (TPSA) is 47.2 Å². The molecule has 0 aliphatic carbocycles. The molecule has 0 saturated heterocycles. The van der Waals surface area contributed by atoms with Gasteiger partial charge >= 0.3 is 5.69 Å². The van der Waals surface area contributed by atoms with E-state index < -0.39 is 0 Å². The van der Waals surface area contributed by atoms with Gasteiger partial charge in [0.15, 0.2) is 0 Å². The number of aromatic hydroxyl groups is 1. The van der Waals surface area contributed by atoms with Gasteiger partial charge in [0.1, 0.15) is 0 Å². The van der Waals surface area contributed by atoms with E-state index in [0.717, 1.165) is 4.57 Å². The zero-order valence-electron chi connectivity index (χ0n) is 6.11. The molecule has 0 unspecified atom stereocenters. The SMILES string of the molecule is C#CCn1c(O)cn(C)c1=O. The Hall–Kier alpha value is -1.63. The summed E-state index contributed by atoms with van der Waals surface area (Å²) in [7, 11) is 1.55. The summed E-state index contributed by atoms with van der Waals surface area (Å²) in [6.07, 6.45) is 6.30. The number of rotatable bonds is 1. The van der Waals surface area contributed by atoms with Crippen LogP contribution >= 0.6 is 0 Å². The summed E-state index contributed by atoms with van der Waals surface area (Å²) in [5, 5.41) is 9.09. The molecule has 0 fully saturated rings. The molecule has 0 aromatic carbocycles. The van der Waals surface area contributed by atoms with Gasteiger partial charge in [0.25, 0.3) is 0 Å². The highest BCUT2D eigenvalue weighted by molar-refractivity contribution is 5.07. The molecule has 0 spiro atoms. The maximum Gasteiger partial charge on any atom is 0.331 e. The largest absolute Gasteiger partial charge is 0.493 e. The van der Waals surface area contributed by atoms with Crippen molar-refractivity contribution in [3.8, 4) is 18.2 Å². The van der Waals surface area contributed by atoms with Crippen LogP contribution < -0.4 is 5.69 Å². The number of hydrogen-bond acceptors (Lipinski definition) is 2. The van der Waals surface area contributed by atoms with Gasteiger partial charge in [-0.1, -0.05) is 5.92 Å². The van der Waals surface area contributed by atoms with E-state index in [2.05, 4.69) is 5.92 Å². The fourth-order valence-electron chi connectivity index (χ4n) is 0.826. The molecule has 1 aromatic heterocycles. The van der Waals surface area contributed by atoms with Crippen molar-refractivity contribution in [3.63, 3.8) is 0 Å². The van der Waals surface area contributed by atoms with E-state index in [1.54, 1.807) is 7.05 Å². The fraction of sp³-hybridized carbons (Fsp3) is 0.286. The first-order valence-corrected chi connectivity index (χ1v) is 3.05. The molecule has 0 bridgehead atoms. The normalized spacial score (nSPS) is 9.45. The highest BCUT2D eigenvalue weighted by Crippen LogP contribution is 2.02. The van der Waals surface area contributed by atoms with Gasteiger partial charge in [-0.15, -0.1) is 6.42 Å². The lowest BCUT2D eigenvalue weighted by Crippen LogP contribution is -2.21. The molecular weight excluding hydrogens is 144 g/mol. The third-order valence-corrected chi connectivity index (χ3v) is 1.37. The van der Waals surface area contributed by atoms with Crippen molar-refractivity contribution in [2.75, 3.05) is 0 Å². The first-order valence-electron chi connectivity index (χ1n) is 3.05. The molecule has 0 amide bonds. The average molecular weight is 152 g/mol. The molecule has 0 aliphatic rings. The molecule has 1 rings (SSSR count). The monoisotopic (exact) mass is 152 g/mol. The Morgan fingerprint density at radius 3 is 2.82 bits per heavy atom. The van der Waals surface area contributed by atoms with Crippen LogP contribution in [0.5, 0.6) is 5.88 Å². The molecule has 0 atom stereocenters. The van der Waals surface area contributed by atoms with Crippen LogP contribution in [0.1, 0.15) is 0 Å². The third kappa shape index (κ3) is 1.13. The lowest BCUT2D eigenvalue weighted by Gasteiger charge is -1.93. The number of terminal acetylenes is 1. The summed E-state index contributed by atoms with van der Waals surface area (Å²) in [6.45, 7) is 0.103. The zero-order valence-corrected chi connectivity index (χ0v) is 6.11. The van der Waals surface area contributed by atoms with E-state index in [0.29, 0.717) is 0 Å². The van der Waals surface area contributed by atoms with Gasteiger partial charge in [-0.25, -0.2) is 4.79 Å². The van der Waals surface area contributed by atoms with Crippen molar-refractivity contribution < 1.29 is 5.11 Å². The summed E-state index contributed by atoms with van der Waals surface area (Å²) in [5.74, 6) is 2.17. The van der Waals surface area contributed by atoms with Crippen molar-refractivity contribution in [1.29, 1.82) is 0 Å². The van der Waals surface area contributed by atoms with E-state index in [1.165, 1.54) is 10.8 Å². The molecule has 4 nitrogen and oxygen atoms in total.